The summed E-state index contributed by atoms with van der Waals surface area (Å²) in [7, 11) is -2.60. The monoisotopic (exact) mass is 646 g/mol. The Kier molecular flexibility index (Phi) is 13.1. The number of carbonyl (C=O) groups excluding carboxylic acids is 1. The highest BCUT2D eigenvalue weighted by Crippen LogP contribution is 2.37. The first-order chi connectivity index (χ1) is 17.8. The van der Waals surface area contributed by atoms with Crippen LogP contribution >= 0.6 is 24.8 Å². The summed E-state index contributed by atoms with van der Waals surface area (Å²) in [5, 5.41) is 9.33. The van der Waals surface area contributed by atoms with Crippen molar-refractivity contribution in [3.63, 3.8) is 0 Å². The van der Waals surface area contributed by atoms with E-state index in [1.807, 2.05) is 9.80 Å². The number of nitrogens with zero attached hydrogens (tertiary/aromatic N) is 3. The molecule has 2 heterocycles. The first kappa shape index (κ1) is 36.3. The van der Waals surface area contributed by atoms with Gasteiger partial charge in [0.25, 0.3) is 5.91 Å². The predicted molar refractivity (Wildman–Crippen MR) is 140 cm³/mol. The topological polar surface area (TPSA) is 112 Å². The number of piperazine rings is 1. The van der Waals surface area contributed by atoms with Crippen LogP contribution in [-0.2, 0) is 19.6 Å². The van der Waals surface area contributed by atoms with Gasteiger partial charge in [0, 0.05) is 58.6 Å². The fraction of sp³-hybridized carbons (Fsp3) is 0.682. The highest BCUT2D eigenvalue weighted by atomic mass is 35.5. The van der Waals surface area contributed by atoms with E-state index in [0.29, 0.717) is 31.9 Å². The lowest BCUT2D eigenvalue weighted by atomic mass is 9.95. The molecule has 0 bridgehead atoms. The van der Waals surface area contributed by atoms with E-state index in [9.17, 15) is 40.4 Å². The van der Waals surface area contributed by atoms with Crippen LogP contribution in [0, 0.1) is 0 Å². The van der Waals surface area contributed by atoms with Gasteiger partial charge in [0.1, 0.15) is 5.75 Å². The number of benzene rings is 1. The summed E-state index contributed by atoms with van der Waals surface area (Å²) in [4.78, 5) is 16.4. The van der Waals surface area contributed by atoms with Crippen LogP contribution in [0.25, 0.3) is 0 Å². The quantitative estimate of drug-likeness (QED) is 0.227. The predicted octanol–water partition coefficient (Wildman–Crippen LogP) is 2.54. The SMILES string of the molecule is COCCN1CCC(C(=O)NO)(S(=O)(=O)N2CCN(c3ccc(OCC(F)(F)C(F)(F)F)cc3)CC2)CC1.Cl.Cl. The maximum atomic E-state index is 13.6. The van der Waals surface area contributed by atoms with E-state index < -0.39 is 39.4 Å². The van der Waals surface area contributed by atoms with Crippen LogP contribution in [0.3, 0.4) is 0 Å². The number of amides is 1. The summed E-state index contributed by atoms with van der Waals surface area (Å²) in [6.07, 6.45) is -5.72. The number of carbonyl (C=O) groups is 1. The average Bonchev–Trinajstić information content (AvgIpc) is 2.90. The minimum Gasteiger partial charge on any atom is -0.487 e. The van der Waals surface area contributed by atoms with Gasteiger partial charge in [0.15, 0.2) is 11.4 Å². The van der Waals surface area contributed by atoms with E-state index in [-0.39, 0.29) is 69.6 Å². The molecule has 18 heteroatoms. The molecule has 2 fully saturated rings. The fourth-order valence-corrected chi connectivity index (χ4v) is 6.62. The van der Waals surface area contributed by atoms with E-state index in [0.717, 1.165) is 0 Å². The van der Waals surface area contributed by atoms with Gasteiger partial charge in [0.05, 0.1) is 6.61 Å². The van der Waals surface area contributed by atoms with Gasteiger partial charge >= 0.3 is 12.1 Å². The number of rotatable bonds is 10. The molecule has 2 N–H and O–H groups in total. The molecule has 0 unspecified atom stereocenters. The summed E-state index contributed by atoms with van der Waals surface area (Å²) in [5.74, 6) is -6.14. The van der Waals surface area contributed by atoms with Crippen LogP contribution in [0.1, 0.15) is 12.8 Å². The van der Waals surface area contributed by atoms with Gasteiger partial charge in [-0.15, -0.1) is 24.8 Å². The Hall–Kier alpha value is -1.69. The highest BCUT2D eigenvalue weighted by Gasteiger charge is 2.58. The first-order valence-electron chi connectivity index (χ1n) is 11.9. The van der Waals surface area contributed by atoms with Crippen molar-refractivity contribution >= 4 is 46.4 Å². The molecule has 0 atom stereocenters. The summed E-state index contributed by atoms with van der Waals surface area (Å²) >= 11 is 0. The zero-order valence-electron chi connectivity index (χ0n) is 21.5. The third-order valence-corrected chi connectivity index (χ3v) is 9.53. The molecular weight excluding hydrogens is 614 g/mol. The number of ether oxygens (including phenoxy) is 2. The first-order valence-corrected chi connectivity index (χ1v) is 13.3. The molecule has 2 aliphatic rings. The number of piperidine rings is 1. The molecule has 1 aromatic carbocycles. The van der Waals surface area contributed by atoms with Gasteiger partial charge in [0.2, 0.25) is 10.0 Å². The molecule has 0 radical (unpaired) electrons. The number of likely N-dealkylation sites (tertiary alicyclic amines) is 1. The number of anilines is 1. The Labute approximate surface area is 241 Å². The van der Waals surface area contributed by atoms with Crippen LogP contribution in [-0.4, -0.2) is 112 Å². The fourth-order valence-electron chi connectivity index (χ4n) is 4.51. The van der Waals surface area contributed by atoms with Crippen molar-refractivity contribution in [3.8, 4) is 5.75 Å². The Morgan fingerprint density at radius 2 is 1.55 bits per heavy atom. The third-order valence-electron chi connectivity index (χ3n) is 6.90. The van der Waals surface area contributed by atoms with E-state index in [1.165, 1.54) is 34.1 Å². The molecule has 1 aromatic rings. The number of methoxy groups -OCH3 is 1. The Balaban J connectivity index is 0.00000400. The van der Waals surface area contributed by atoms with Crippen LogP contribution in [0.4, 0.5) is 27.6 Å². The van der Waals surface area contributed by atoms with Crippen molar-refractivity contribution in [2.24, 2.45) is 0 Å². The molecule has 2 aliphatic heterocycles. The minimum atomic E-state index is -5.72. The summed E-state index contributed by atoms with van der Waals surface area (Å²) in [6, 6.07) is 5.45. The van der Waals surface area contributed by atoms with E-state index in [1.54, 1.807) is 7.11 Å². The van der Waals surface area contributed by atoms with Gasteiger partial charge < -0.3 is 19.3 Å². The van der Waals surface area contributed by atoms with Crippen molar-refractivity contribution in [2.45, 2.75) is 29.7 Å². The molecule has 0 aromatic heterocycles. The molecular formula is C22H33Cl2F5N4O6S. The zero-order chi connectivity index (χ0) is 28.2. The maximum Gasteiger partial charge on any atom is 0.456 e. The van der Waals surface area contributed by atoms with Crippen LogP contribution < -0.4 is 15.1 Å². The van der Waals surface area contributed by atoms with E-state index in [4.69, 9.17) is 4.74 Å². The number of hydroxylamine groups is 1. The smallest absolute Gasteiger partial charge is 0.456 e. The van der Waals surface area contributed by atoms with Gasteiger partial charge in [-0.25, -0.2) is 13.9 Å². The van der Waals surface area contributed by atoms with Gasteiger partial charge in [-0.05, 0) is 37.1 Å². The molecule has 10 nitrogen and oxygen atoms in total. The van der Waals surface area contributed by atoms with Crippen molar-refractivity contribution in [1.82, 2.24) is 14.7 Å². The van der Waals surface area contributed by atoms with Crippen molar-refractivity contribution in [2.75, 3.05) is 71.0 Å². The molecule has 0 aliphatic carbocycles. The summed E-state index contributed by atoms with van der Waals surface area (Å²) in [6.45, 7) is 0.434. The minimum absolute atomic E-state index is 0. The second-order valence-electron chi connectivity index (χ2n) is 9.15. The normalized spacial score (nSPS) is 18.8. The van der Waals surface area contributed by atoms with Crippen molar-refractivity contribution in [3.05, 3.63) is 24.3 Å². The largest absolute Gasteiger partial charge is 0.487 e. The van der Waals surface area contributed by atoms with Gasteiger partial charge in [-0.2, -0.15) is 26.3 Å². The molecule has 0 saturated carbocycles. The Morgan fingerprint density at radius 3 is 2.02 bits per heavy atom. The zero-order valence-corrected chi connectivity index (χ0v) is 24.0. The lowest BCUT2D eigenvalue weighted by molar-refractivity contribution is -0.290. The lowest BCUT2D eigenvalue weighted by Gasteiger charge is -2.44. The number of halogens is 7. The number of alkyl halides is 5. The van der Waals surface area contributed by atoms with Crippen molar-refractivity contribution < 1.29 is 49.8 Å². The van der Waals surface area contributed by atoms with Crippen molar-refractivity contribution in [1.29, 1.82) is 0 Å². The van der Waals surface area contributed by atoms with Gasteiger partial charge in [-0.1, -0.05) is 0 Å². The number of hydrogen-bond donors (Lipinski definition) is 2. The molecule has 3 rings (SSSR count). The second kappa shape index (κ2) is 14.5. The third kappa shape index (κ3) is 7.77. The average molecular weight is 647 g/mol. The lowest BCUT2D eigenvalue weighted by Crippen LogP contribution is -2.63. The second-order valence-corrected chi connectivity index (χ2v) is 11.4. The number of hydrogen-bond acceptors (Lipinski definition) is 8. The molecule has 40 heavy (non-hydrogen) atoms. The molecule has 1 amide bonds. The summed E-state index contributed by atoms with van der Waals surface area (Å²) in [5.41, 5.74) is 2.12. The standard InChI is InChI=1S/C22H31F5N4O6S.2ClH/c1-36-15-14-29-8-6-20(7-9-29,19(32)28-33)38(34,35)31-12-10-30(11-13-31)17-2-4-18(5-3-17)37-16-21(23,24)22(25,26)27;;/h2-5,33H,6-16H2,1H3,(H,28,32);2*1H. The number of sulfonamides is 1. The number of nitrogens with one attached hydrogen (secondary N) is 1. The van der Waals surface area contributed by atoms with Crippen LogP contribution in [0.2, 0.25) is 0 Å². The van der Waals surface area contributed by atoms with Crippen LogP contribution in [0.15, 0.2) is 24.3 Å². The molecule has 232 valence electrons. The molecule has 2 saturated heterocycles. The maximum absolute atomic E-state index is 13.6. The van der Waals surface area contributed by atoms with Gasteiger partial charge in [-0.3, -0.25) is 10.0 Å². The van der Waals surface area contributed by atoms with E-state index >= 15 is 0 Å². The van der Waals surface area contributed by atoms with E-state index in [2.05, 4.69) is 4.74 Å². The Morgan fingerprint density at radius 1 is 1.00 bits per heavy atom. The van der Waals surface area contributed by atoms with Crippen LogP contribution in [0.5, 0.6) is 5.75 Å². The Bertz CT molecular complexity index is 1050. The molecule has 0 spiro atoms. The summed E-state index contributed by atoms with van der Waals surface area (Å²) < 4.78 is 99.3. The highest BCUT2D eigenvalue weighted by molar-refractivity contribution is 7.91.